The van der Waals surface area contributed by atoms with E-state index in [0.29, 0.717) is 11.4 Å². The van der Waals surface area contributed by atoms with Gasteiger partial charge in [-0.25, -0.2) is 0 Å². The van der Waals surface area contributed by atoms with Gasteiger partial charge >= 0.3 is 0 Å². The topological polar surface area (TPSA) is 11.4 Å². The Bertz CT molecular complexity index is 3520. The number of hydrogen-bond acceptors (Lipinski definition) is 2. The van der Waals surface area contributed by atoms with Crippen LogP contribution < -0.4 is 9.80 Å². The van der Waals surface area contributed by atoms with Gasteiger partial charge < -0.3 is 14.4 Å². The fraction of sp³-hybridized carbons (Fsp3) is 0.0357. The molecular weight excluding hydrogens is 715 g/mol. The smallest absolute Gasteiger partial charge is 0.0726 e. The van der Waals surface area contributed by atoms with Gasteiger partial charge in [0.15, 0.2) is 0 Å². The highest BCUT2D eigenvalue weighted by atomic mass is 15.1. The van der Waals surface area contributed by atoms with Crippen LogP contribution in [0.2, 0.25) is 0 Å². The van der Waals surface area contributed by atoms with Crippen molar-refractivity contribution in [1.29, 1.82) is 0 Å². The highest BCUT2D eigenvalue weighted by molar-refractivity contribution is 6.09. The third-order valence-electron chi connectivity index (χ3n) is 12.5. The van der Waals surface area contributed by atoms with Crippen molar-refractivity contribution >= 4 is 55.9 Å². The van der Waals surface area contributed by atoms with Crippen molar-refractivity contribution in [2.45, 2.75) is 5.41 Å². The third-order valence-corrected chi connectivity index (χ3v) is 12.5. The molecular formula is C56H39N3. The summed E-state index contributed by atoms with van der Waals surface area (Å²) in [6.07, 6.45) is 0. The number of nitrogens with zero attached hydrogens (tertiary/aromatic N) is 3. The number of aromatic nitrogens is 1. The van der Waals surface area contributed by atoms with E-state index in [1.54, 1.807) is 4.90 Å². The molecule has 0 bridgehead atoms. The van der Waals surface area contributed by atoms with Gasteiger partial charge in [-0.2, -0.15) is 0 Å². The summed E-state index contributed by atoms with van der Waals surface area (Å²) in [6.45, 7) is 0. The molecule has 2 aliphatic rings. The predicted molar refractivity (Wildman–Crippen MR) is 246 cm³/mol. The number of anilines is 6. The lowest BCUT2D eigenvalue weighted by molar-refractivity contribution is 0.793. The minimum atomic E-state index is -0.678. The van der Waals surface area contributed by atoms with E-state index in [0.717, 1.165) is 39.3 Å². The number of benzene rings is 9. The summed E-state index contributed by atoms with van der Waals surface area (Å²) in [5.74, 6) is 0. The van der Waals surface area contributed by atoms with Crippen molar-refractivity contribution in [2.24, 2.45) is 7.05 Å². The summed E-state index contributed by atoms with van der Waals surface area (Å²) in [5, 5.41) is 2.45. The summed E-state index contributed by atoms with van der Waals surface area (Å²) < 4.78 is 46.0. The van der Waals surface area contributed by atoms with Crippen molar-refractivity contribution in [3.05, 3.63) is 241 Å². The van der Waals surface area contributed by atoms with Gasteiger partial charge in [0.2, 0.25) is 0 Å². The Balaban J connectivity index is 1.10. The first kappa shape index (κ1) is 28.7. The van der Waals surface area contributed by atoms with Gasteiger partial charge in [-0.15, -0.1) is 0 Å². The van der Waals surface area contributed by atoms with Crippen LogP contribution in [0.4, 0.5) is 34.1 Å². The standard InChI is InChI=1S/C56H39N3/c1-57-54-28-16-13-25-47(54)48-33-30-43(37-55(48)57)59(40-21-9-4-10-22-40)42-29-32-46-44-23-11-14-26-50(44)56(53(46)36-42)51-27-15-12-24-45(51)49-35-41(31-34-52(49)56)58(38-17-5-2-6-18-38)39-19-7-3-8-20-39/h2-37H,1H3/i2D,5D,6D,17D,18D. The van der Waals surface area contributed by atoms with Crippen molar-refractivity contribution < 1.29 is 6.85 Å². The summed E-state index contributed by atoms with van der Waals surface area (Å²) in [7, 11) is 2.14. The highest BCUT2D eigenvalue weighted by Gasteiger charge is 2.52. The van der Waals surface area contributed by atoms with Crippen LogP contribution in [0.25, 0.3) is 44.1 Å². The van der Waals surface area contributed by atoms with E-state index in [-0.39, 0.29) is 29.9 Å². The molecule has 1 aromatic heterocycles. The van der Waals surface area contributed by atoms with Gasteiger partial charge in [0.25, 0.3) is 0 Å². The zero-order valence-electron chi connectivity index (χ0n) is 37.2. The Morgan fingerprint density at radius 2 is 0.881 bits per heavy atom. The van der Waals surface area contributed by atoms with E-state index < -0.39 is 11.5 Å². The molecule has 10 aromatic rings. The minimum Gasteiger partial charge on any atom is -0.344 e. The average molecular weight is 759 g/mol. The van der Waals surface area contributed by atoms with Crippen LogP contribution in [0, 0.1) is 0 Å². The molecule has 0 radical (unpaired) electrons. The monoisotopic (exact) mass is 758 g/mol. The molecule has 0 amide bonds. The van der Waals surface area contributed by atoms with Crippen molar-refractivity contribution in [1.82, 2.24) is 4.57 Å². The van der Waals surface area contributed by atoms with E-state index >= 15 is 0 Å². The zero-order valence-corrected chi connectivity index (χ0v) is 32.2. The maximum atomic E-state index is 9.06. The molecule has 0 saturated carbocycles. The Labute approximate surface area is 351 Å². The van der Waals surface area contributed by atoms with Crippen molar-refractivity contribution in [3.63, 3.8) is 0 Å². The van der Waals surface area contributed by atoms with Gasteiger partial charge in [-0.3, -0.25) is 0 Å². The Morgan fingerprint density at radius 1 is 0.373 bits per heavy atom. The molecule has 0 saturated heterocycles. The molecule has 1 atom stereocenters. The number of para-hydroxylation sites is 4. The van der Waals surface area contributed by atoms with E-state index in [1.165, 1.54) is 44.1 Å². The molecule has 278 valence electrons. The second kappa shape index (κ2) is 13.0. The SMILES string of the molecule is [2H]c1c([2H])c([2H])c(N(c2ccccc2)c2ccc3c(c2)-c2ccccc2C32c3ccccc3-c3ccc(N(c4ccccc4)c4ccc5c6ccccc6n(C)c5c4)cc32)c([2H])c1[2H]. The predicted octanol–water partition coefficient (Wildman–Crippen LogP) is 14.6. The molecule has 3 nitrogen and oxygen atoms in total. The second-order valence-corrected chi connectivity index (χ2v) is 15.4. The lowest BCUT2D eigenvalue weighted by Gasteiger charge is -2.32. The van der Waals surface area contributed by atoms with E-state index in [4.69, 9.17) is 6.85 Å². The summed E-state index contributed by atoms with van der Waals surface area (Å²) >= 11 is 0. The third kappa shape index (κ3) is 4.82. The van der Waals surface area contributed by atoms with Gasteiger partial charge in [-0.05, 0) is 123 Å². The maximum absolute atomic E-state index is 9.06. The molecule has 1 spiro atoms. The zero-order chi connectivity index (χ0) is 43.4. The average Bonchev–Trinajstić information content (AvgIpc) is 3.92. The van der Waals surface area contributed by atoms with E-state index in [9.17, 15) is 0 Å². The largest absolute Gasteiger partial charge is 0.344 e. The minimum absolute atomic E-state index is 0.0991. The second-order valence-electron chi connectivity index (χ2n) is 15.4. The Hall–Kier alpha value is -7.62. The summed E-state index contributed by atoms with van der Waals surface area (Å²) in [5.41, 5.74) is 15.4. The Kier molecular flexibility index (Phi) is 6.31. The number of rotatable bonds is 6. The van der Waals surface area contributed by atoms with Gasteiger partial charge in [0, 0.05) is 57.5 Å². The van der Waals surface area contributed by atoms with Gasteiger partial charge in [-0.1, -0.05) is 139 Å². The normalized spacial score (nSPS) is 15.8. The number of hydrogen-bond donors (Lipinski definition) is 0. The lowest BCUT2D eigenvalue weighted by Crippen LogP contribution is -2.26. The highest BCUT2D eigenvalue weighted by Crippen LogP contribution is 2.64. The fourth-order valence-electron chi connectivity index (χ4n) is 10.0. The van der Waals surface area contributed by atoms with Crippen LogP contribution in [0.3, 0.4) is 0 Å². The summed E-state index contributed by atoms with van der Waals surface area (Å²) in [4.78, 5) is 4.16. The first-order valence-corrected chi connectivity index (χ1v) is 20.0. The molecule has 0 fully saturated rings. The quantitative estimate of drug-likeness (QED) is 0.167. The number of aryl methyl sites for hydroxylation is 1. The van der Waals surface area contributed by atoms with Crippen LogP contribution in [0.1, 0.15) is 29.1 Å². The molecule has 1 unspecified atom stereocenters. The van der Waals surface area contributed by atoms with Crippen LogP contribution in [0.5, 0.6) is 0 Å². The molecule has 12 rings (SSSR count). The first-order valence-electron chi connectivity index (χ1n) is 22.5. The van der Waals surface area contributed by atoms with E-state index in [1.807, 2.05) is 36.4 Å². The Morgan fingerprint density at radius 3 is 1.61 bits per heavy atom. The van der Waals surface area contributed by atoms with Gasteiger partial charge in [0.05, 0.1) is 17.8 Å². The molecule has 9 aromatic carbocycles. The summed E-state index contributed by atoms with van der Waals surface area (Å²) in [6, 6.07) is 64.4. The van der Waals surface area contributed by atoms with E-state index in [2.05, 4.69) is 168 Å². The fourth-order valence-corrected chi connectivity index (χ4v) is 10.0. The maximum Gasteiger partial charge on any atom is 0.0726 e. The first-order chi connectivity index (χ1) is 31.3. The molecule has 2 aliphatic carbocycles. The van der Waals surface area contributed by atoms with Gasteiger partial charge in [0.1, 0.15) is 0 Å². The van der Waals surface area contributed by atoms with Crippen LogP contribution in [-0.2, 0) is 12.5 Å². The van der Waals surface area contributed by atoms with Crippen LogP contribution in [-0.4, -0.2) is 4.57 Å². The van der Waals surface area contributed by atoms with Crippen molar-refractivity contribution in [3.8, 4) is 22.3 Å². The molecule has 59 heavy (non-hydrogen) atoms. The molecule has 3 heteroatoms. The molecule has 0 aliphatic heterocycles. The van der Waals surface area contributed by atoms with Crippen LogP contribution >= 0.6 is 0 Å². The van der Waals surface area contributed by atoms with Crippen molar-refractivity contribution in [2.75, 3.05) is 9.80 Å². The lowest BCUT2D eigenvalue weighted by atomic mass is 9.70. The number of fused-ring (bicyclic) bond motifs is 13. The molecule has 1 heterocycles. The molecule has 0 N–H and O–H groups in total. The van der Waals surface area contributed by atoms with Crippen LogP contribution in [0.15, 0.2) is 218 Å².